The average Bonchev–Trinajstić information content (AvgIpc) is 3.07. The number of ether oxygens (including phenoxy) is 2. The molecule has 1 N–H and O–H groups in total. The normalized spacial score (nSPS) is 19.8. The van der Waals surface area contributed by atoms with Gasteiger partial charge in [-0.05, 0) is 24.5 Å². The molecule has 4 rings (SSSR count). The van der Waals surface area contributed by atoms with Crippen molar-refractivity contribution >= 4 is 10.0 Å². The summed E-state index contributed by atoms with van der Waals surface area (Å²) in [6, 6.07) is 4.70. The smallest absolute Gasteiger partial charge is 0.240 e. The Kier molecular flexibility index (Phi) is 3.93. The molecule has 0 bridgehead atoms. The molecule has 2 aliphatic rings. The number of benzene rings is 1. The number of aromatic nitrogens is 2. The van der Waals surface area contributed by atoms with Crippen molar-refractivity contribution in [2.24, 2.45) is 5.92 Å². The summed E-state index contributed by atoms with van der Waals surface area (Å²) in [7, 11) is -3.57. The Morgan fingerprint density at radius 1 is 1.25 bits per heavy atom. The molecule has 0 amide bonds. The van der Waals surface area contributed by atoms with Crippen molar-refractivity contribution in [2.45, 2.75) is 24.3 Å². The summed E-state index contributed by atoms with van der Waals surface area (Å²) in [4.78, 5) is 4.51. The molecule has 24 heavy (non-hydrogen) atoms. The van der Waals surface area contributed by atoms with Crippen LogP contribution in [0.2, 0.25) is 0 Å². The third-order valence-electron chi connectivity index (χ3n) is 4.44. The van der Waals surface area contributed by atoms with E-state index in [9.17, 15) is 8.42 Å². The molecule has 7 nitrogen and oxygen atoms in total. The van der Waals surface area contributed by atoms with Crippen molar-refractivity contribution < 1.29 is 17.9 Å². The van der Waals surface area contributed by atoms with E-state index in [4.69, 9.17) is 9.47 Å². The van der Waals surface area contributed by atoms with E-state index in [1.54, 1.807) is 18.3 Å². The number of sulfonamides is 1. The molecule has 1 aromatic carbocycles. The lowest BCUT2D eigenvalue weighted by atomic mass is 9.98. The Balaban J connectivity index is 1.44. The molecule has 0 fully saturated rings. The third-order valence-corrected chi connectivity index (χ3v) is 5.86. The van der Waals surface area contributed by atoms with Gasteiger partial charge in [0.15, 0.2) is 11.5 Å². The van der Waals surface area contributed by atoms with E-state index in [2.05, 4.69) is 14.3 Å². The second kappa shape index (κ2) is 6.10. The van der Waals surface area contributed by atoms with Gasteiger partial charge in [-0.3, -0.25) is 0 Å². The van der Waals surface area contributed by atoms with Crippen LogP contribution in [0.3, 0.4) is 0 Å². The summed E-state index contributed by atoms with van der Waals surface area (Å²) >= 11 is 0. The van der Waals surface area contributed by atoms with Crippen molar-refractivity contribution in [2.75, 3.05) is 19.8 Å². The molecule has 0 unspecified atom stereocenters. The molecule has 2 aromatic rings. The summed E-state index contributed by atoms with van der Waals surface area (Å²) in [5.41, 5.74) is 0. The maximum atomic E-state index is 12.5. The van der Waals surface area contributed by atoms with Crippen LogP contribution in [-0.2, 0) is 23.0 Å². The van der Waals surface area contributed by atoms with Gasteiger partial charge in [0.25, 0.3) is 0 Å². The molecule has 3 heterocycles. The number of hydrogen-bond acceptors (Lipinski definition) is 5. The minimum atomic E-state index is -3.57. The molecule has 0 spiro atoms. The Morgan fingerprint density at radius 3 is 2.96 bits per heavy atom. The van der Waals surface area contributed by atoms with Gasteiger partial charge in [-0.2, -0.15) is 0 Å². The largest absolute Gasteiger partial charge is 0.486 e. The molecule has 0 aliphatic carbocycles. The lowest BCUT2D eigenvalue weighted by molar-refractivity contribution is 0.171. The van der Waals surface area contributed by atoms with E-state index in [-0.39, 0.29) is 10.8 Å². The maximum absolute atomic E-state index is 12.5. The highest BCUT2D eigenvalue weighted by Crippen LogP contribution is 2.32. The standard InChI is InChI=1S/C16H19N3O4S/c20-24(21,13-1-2-14-15(10-13)23-8-7-22-14)18-11-12-3-5-19-6-4-17-16(19)9-12/h1-2,4,6,10,12,18H,3,5,7-9,11H2/t12-/m0/s1. The first-order valence-electron chi connectivity index (χ1n) is 8.01. The lowest BCUT2D eigenvalue weighted by Crippen LogP contribution is -2.33. The first-order chi connectivity index (χ1) is 11.6. The second-order valence-corrected chi connectivity index (χ2v) is 7.82. The molecule has 128 valence electrons. The average molecular weight is 349 g/mol. The number of fused-ring (bicyclic) bond motifs is 2. The minimum Gasteiger partial charge on any atom is -0.486 e. The van der Waals surface area contributed by atoms with Gasteiger partial charge in [0.05, 0.1) is 4.90 Å². The molecule has 1 aromatic heterocycles. The molecule has 0 radical (unpaired) electrons. The second-order valence-electron chi connectivity index (χ2n) is 6.05. The maximum Gasteiger partial charge on any atom is 0.240 e. The lowest BCUT2D eigenvalue weighted by Gasteiger charge is -2.23. The van der Waals surface area contributed by atoms with Gasteiger partial charge < -0.3 is 14.0 Å². The number of aryl methyl sites for hydroxylation is 1. The van der Waals surface area contributed by atoms with Gasteiger partial charge >= 0.3 is 0 Å². The predicted octanol–water partition coefficient (Wildman–Crippen LogP) is 1.20. The van der Waals surface area contributed by atoms with E-state index in [1.807, 2.05) is 6.20 Å². The quantitative estimate of drug-likeness (QED) is 0.897. The molecule has 0 saturated heterocycles. The van der Waals surface area contributed by atoms with Crippen LogP contribution >= 0.6 is 0 Å². The number of imidazole rings is 1. The summed E-state index contributed by atoms with van der Waals surface area (Å²) in [6.07, 6.45) is 5.48. The summed E-state index contributed by atoms with van der Waals surface area (Å²) in [5, 5.41) is 0. The van der Waals surface area contributed by atoms with Crippen molar-refractivity contribution in [3.05, 3.63) is 36.4 Å². The number of rotatable bonds is 4. The van der Waals surface area contributed by atoms with Gasteiger partial charge in [-0.25, -0.2) is 18.1 Å². The van der Waals surface area contributed by atoms with E-state index < -0.39 is 10.0 Å². The van der Waals surface area contributed by atoms with Gasteiger partial charge in [0.1, 0.15) is 19.0 Å². The fourth-order valence-electron chi connectivity index (χ4n) is 3.09. The Bertz CT molecular complexity index is 847. The highest BCUT2D eigenvalue weighted by atomic mass is 32.2. The fourth-order valence-corrected chi connectivity index (χ4v) is 4.22. The summed E-state index contributed by atoms with van der Waals surface area (Å²) < 4.78 is 40.8. The van der Waals surface area contributed by atoms with Crippen LogP contribution in [0.1, 0.15) is 12.2 Å². The fraction of sp³-hybridized carbons (Fsp3) is 0.438. The topological polar surface area (TPSA) is 82.5 Å². The van der Waals surface area contributed by atoms with Crippen molar-refractivity contribution in [1.82, 2.24) is 14.3 Å². The number of hydrogen-bond donors (Lipinski definition) is 1. The molecule has 0 saturated carbocycles. The van der Waals surface area contributed by atoms with Crippen molar-refractivity contribution in [3.63, 3.8) is 0 Å². The first kappa shape index (κ1) is 15.5. The van der Waals surface area contributed by atoms with Crippen LogP contribution in [0, 0.1) is 5.92 Å². The Hall–Kier alpha value is -2.06. The van der Waals surface area contributed by atoms with Crippen molar-refractivity contribution in [1.29, 1.82) is 0 Å². The Labute approximate surface area is 140 Å². The summed E-state index contributed by atoms with van der Waals surface area (Å²) in [5.74, 6) is 2.33. The monoisotopic (exact) mass is 349 g/mol. The van der Waals surface area contributed by atoms with Crippen LogP contribution in [0.15, 0.2) is 35.5 Å². The van der Waals surface area contributed by atoms with Crippen LogP contribution < -0.4 is 14.2 Å². The molecular weight excluding hydrogens is 330 g/mol. The zero-order valence-electron chi connectivity index (χ0n) is 13.1. The molecular formula is C16H19N3O4S. The van der Waals surface area contributed by atoms with Crippen LogP contribution in [0.5, 0.6) is 11.5 Å². The van der Waals surface area contributed by atoms with E-state index >= 15 is 0 Å². The van der Waals surface area contributed by atoms with E-state index in [0.717, 1.165) is 25.2 Å². The van der Waals surface area contributed by atoms with Crippen LogP contribution in [-0.4, -0.2) is 37.7 Å². The zero-order valence-corrected chi connectivity index (χ0v) is 14.0. The first-order valence-corrected chi connectivity index (χ1v) is 9.49. The van der Waals surface area contributed by atoms with Gasteiger partial charge in [0.2, 0.25) is 10.0 Å². The number of nitrogens with zero attached hydrogens (tertiary/aromatic N) is 2. The van der Waals surface area contributed by atoms with Crippen LogP contribution in [0.4, 0.5) is 0 Å². The van der Waals surface area contributed by atoms with E-state index in [0.29, 0.717) is 31.3 Å². The Morgan fingerprint density at radius 2 is 2.08 bits per heavy atom. The minimum absolute atomic E-state index is 0.198. The van der Waals surface area contributed by atoms with Crippen LogP contribution in [0.25, 0.3) is 0 Å². The number of nitrogens with one attached hydrogen (secondary N) is 1. The van der Waals surface area contributed by atoms with Gasteiger partial charge in [0, 0.05) is 38.0 Å². The van der Waals surface area contributed by atoms with E-state index in [1.165, 1.54) is 6.07 Å². The SMILES string of the molecule is O=S(=O)(NC[C@H]1CCn2ccnc2C1)c1ccc2c(c1)OCCO2. The van der Waals surface area contributed by atoms with Gasteiger partial charge in [-0.1, -0.05) is 0 Å². The van der Waals surface area contributed by atoms with Gasteiger partial charge in [-0.15, -0.1) is 0 Å². The highest BCUT2D eigenvalue weighted by Gasteiger charge is 2.23. The third kappa shape index (κ3) is 2.99. The predicted molar refractivity (Wildman–Crippen MR) is 86.7 cm³/mol. The molecule has 2 aliphatic heterocycles. The molecule has 8 heteroatoms. The zero-order chi connectivity index (χ0) is 16.6. The summed E-state index contributed by atoms with van der Waals surface area (Å²) in [6.45, 7) is 2.20. The molecule has 1 atom stereocenters. The van der Waals surface area contributed by atoms with Crippen molar-refractivity contribution in [3.8, 4) is 11.5 Å². The highest BCUT2D eigenvalue weighted by molar-refractivity contribution is 7.89.